The Hall–Kier alpha value is -3.55. The summed E-state index contributed by atoms with van der Waals surface area (Å²) in [4.78, 5) is 40.1. The number of sulfonamides is 1. The molecule has 0 saturated carbocycles. The number of nitrogens with two attached hydrogens (primary N) is 1. The number of carboxylic acids is 1. The molecule has 0 radical (unpaired) electrons. The lowest BCUT2D eigenvalue weighted by Crippen LogP contribution is -2.51. The molecule has 2 aromatic rings. The van der Waals surface area contributed by atoms with Crippen molar-refractivity contribution in [3.05, 3.63) is 54.4 Å². The number of hydrogen-bond donors (Lipinski definition) is 4. The Kier molecular flexibility index (Phi) is 8.73. The summed E-state index contributed by atoms with van der Waals surface area (Å²) >= 11 is 0. The molecule has 2 atom stereocenters. The van der Waals surface area contributed by atoms with Gasteiger partial charge in [-0.2, -0.15) is 4.31 Å². The van der Waals surface area contributed by atoms with Gasteiger partial charge in [0.05, 0.1) is 0 Å². The average molecular weight is 506 g/mol. The molecule has 0 aliphatic carbocycles. The zero-order chi connectivity index (χ0) is 25.4. The molecule has 1 aromatic carbocycles. The highest BCUT2D eigenvalue weighted by Crippen LogP contribution is 2.26. The van der Waals surface area contributed by atoms with E-state index in [1.807, 2.05) is 0 Å². The van der Waals surface area contributed by atoms with Crippen LogP contribution < -0.4 is 21.1 Å². The van der Waals surface area contributed by atoms with Crippen LogP contribution in [0.3, 0.4) is 0 Å². The summed E-state index contributed by atoms with van der Waals surface area (Å²) in [5, 5.41) is 14.6. The van der Waals surface area contributed by atoms with E-state index in [1.165, 1.54) is 36.7 Å². The second-order valence-electron chi connectivity index (χ2n) is 7.81. The van der Waals surface area contributed by atoms with Crippen molar-refractivity contribution in [1.29, 1.82) is 0 Å². The van der Waals surface area contributed by atoms with Gasteiger partial charge in [0.2, 0.25) is 15.9 Å². The molecule has 0 unspecified atom stereocenters. The van der Waals surface area contributed by atoms with Crippen LogP contribution in [-0.4, -0.2) is 72.5 Å². The number of ether oxygens (including phenoxy) is 1. The molecule has 2 amide bonds. The second kappa shape index (κ2) is 11.7. The van der Waals surface area contributed by atoms with Gasteiger partial charge in [0.25, 0.3) is 0 Å². The van der Waals surface area contributed by atoms with Gasteiger partial charge in [-0.05, 0) is 42.7 Å². The number of nitrogens with zero attached hydrogens (tertiary/aromatic N) is 2. The van der Waals surface area contributed by atoms with Crippen LogP contribution >= 0.6 is 0 Å². The monoisotopic (exact) mass is 505 g/mol. The zero-order valence-corrected chi connectivity index (χ0v) is 19.6. The number of carboxylic acid groups (broad SMARTS) is 1. The fourth-order valence-electron chi connectivity index (χ4n) is 3.64. The van der Waals surface area contributed by atoms with Crippen LogP contribution in [0.2, 0.25) is 0 Å². The molecule has 13 heteroatoms. The van der Waals surface area contributed by atoms with Crippen molar-refractivity contribution in [3.63, 3.8) is 0 Å². The van der Waals surface area contributed by atoms with Gasteiger partial charge in [0, 0.05) is 38.4 Å². The highest BCUT2D eigenvalue weighted by Gasteiger charge is 2.40. The molecule has 2 heterocycles. The Balaban J connectivity index is 1.65. The number of carbonyl (C=O) groups is 3. The third kappa shape index (κ3) is 6.74. The Morgan fingerprint density at radius 3 is 2.60 bits per heavy atom. The fourth-order valence-corrected chi connectivity index (χ4v) is 5.26. The van der Waals surface area contributed by atoms with Crippen LogP contribution in [0.25, 0.3) is 0 Å². The Labute approximate surface area is 202 Å². The van der Waals surface area contributed by atoms with Gasteiger partial charge in [-0.15, -0.1) is 0 Å². The number of nitrogens with one attached hydrogen (secondary N) is 2. The highest BCUT2D eigenvalue weighted by molar-refractivity contribution is 7.89. The Morgan fingerprint density at radius 1 is 1.23 bits per heavy atom. The third-order valence-electron chi connectivity index (χ3n) is 5.35. The summed E-state index contributed by atoms with van der Waals surface area (Å²) in [5.41, 5.74) is 5.88. The van der Waals surface area contributed by atoms with E-state index < -0.39 is 40.1 Å². The summed E-state index contributed by atoms with van der Waals surface area (Å²) in [6, 6.07) is 6.71. The predicted octanol–water partition coefficient (Wildman–Crippen LogP) is 0.0939. The maximum Gasteiger partial charge on any atom is 0.412 e. The van der Waals surface area contributed by atoms with E-state index in [-0.39, 0.29) is 43.1 Å². The summed E-state index contributed by atoms with van der Waals surface area (Å²) in [7, 11) is -3.96. The summed E-state index contributed by atoms with van der Waals surface area (Å²) in [6.45, 7) is 0.677. The molecule has 0 bridgehead atoms. The first kappa shape index (κ1) is 26.1. The highest BCUT2D eigenvalue weighted by atomic mass is 32.2. The van der Waals surface area contributed by atoms with Crippen LogP contribution in [-0.2, 0) is 26.0 Å². The number of rotatable bonds is 10. The molecule has 3 rings (SSSR count). The van der Waals surface area contributed by atoms with Crippen molar-refractivity contribution < 1.29 is 32.6 Å². The van der Waals surface area contributed by atoms with Gasteiger partial charge in [-0.3, -0.25) is 9.78 Å². The van der Waals surface area contributed by atoms with E-state index in [9.17, 15) is 27.9 Å². The molecule has 12 nitrogen and oxygen atoms in total. The number of hydrogen-bond acceptors (Lipinski definition) is 8. The predicted molar refractivity (Wildman–Crippen MR) is 124 cm³/mol. The molecule has 1 saturated heterocycles. The van der Waals surface area contributed by atoms with Crippen LogP contribution in [0, 0.1) is 0 Å². The van der Waals surface area contributed by atoms with Gasteiger partial charge in [0.15, 0.2) is 0 Å². The molecule has 35 heavy (non-hydrogen) atoms. The van der Waals surface area contributed by atoms with E-state index in [0.717, 1.165) is 4.31 Å². The van der Waals surface area contributed by atoms with E-state index in [0.29, 0.717) is 12.0 Å². The number of amides is 2. The summed E-state index contributed by atoms with van der Waals surface area (Å²) < 4.78 is 32.1. The van der Waals surface area contributed by atoms with E-state index in [4.69, 9.17) is 10.5 Å². The number of pyridine rings is 1. The van der Waals surface area contributed by atoms with Crippen molar-refractivity contribution >= 4 is 28.0 Å². The fraction of sp³-hybridized carbons (Fsp3) is 0.364. The minimum Gasteiger partial charge on any atom is -0.480 e. The van der Waals surface area contributed by atoms with Gasteiger partial charge in [0.1, 0.15) is 22.7 Å². The number of carbonyl (C=O) groups excluding carboxylic acids is 2. The lowest BCUT2D eigenvalue weighted by atomic mass is 10.1. The van der Waals surface area contributed by atoms with Crippen molar-refractivity contribution in [2.24, 2.45) is 5.73 Å². The number of aliphatic carboxylic acids is 1. The SMILES string of the molecule is NCCNC(=O)Oc1ccc(C[C@H](NC(=O)[C@@H]2CCCN2S(=O)(=O)c2cccnc2)C(=O)O)cc1. The summed E-state index contributed by atoms with van der Waals surface area (Å²) in [5.74, 6) is -1.69. The lowest BCUT2D eigenvalue weighted by molar-refractivity contribution is -0.142. The first-order valence-corrected chi connectivity index (χ1v) is 12.4. The van der Waals surface area contributed by atoms with Gasteiger partial charge < -0.3 is 26.2 Å². The molecular weight excluding hydrogens is 478 g/mol. The van der Waals surface area contributed by atoms with Crippen LogP contribution in [0.5, 0.6) is 5.75 Å². The molecule has 5 N–H and O–H groups in total. The van der Waals surface area contributed by atoms with Gasteiger partial charge >= 0.3 is 12.1 Å². The van der Waals surface area contributed by atoms with Crippen LogP contribution in [0.4, 0.5) is 4.79 Å². The lowest BCUT2D eigenvalue weighted by Gasteiger charge is -2.25. The van der Waals surface area contributed by atoms with Crippen molar-refractivity contribution in [1.82, 2.24) is 19.9 Å². The first-order chi connectivity index (χ1) is 16.7. The van der Waals surface area contributed by atoms with Crippen molar-refractivity contribution in [2.75, 3.05) is 19.6 Å². The zero-order valence-electron chi connectivity index (χ0n) is 18.8. The maximum absolute atomic E-state index is 13.0. The Bertz CT molecular complexity index is 1140. The molecule has 1 aliphatic heterocycles. The smallest absolute Gasteiger partial charge is 0.412 e. The van der Waals surface area contributed by atoms with Crippen molar-refractivity contribution in [2.45, 2.75) is 36.2 Å². The van der Waals surface area contributed by atoms with Crippen molar-refractivity contribution in [3.8, 4) is 5.75 Å². The Morgan fingerprint density at radius 2 is 1.97 bits per heavy atom. The molecule has 188 valence electrons. The molecule has 1 fully saturated rings. The molecular formula is C22H27N5O7S. The minimum atomic E-state index is -3.96. The topological polar surface area (TPSA) is 181 Å². The number of benzene rings is 1. The van der Waals surface area contributed by atoms with Crippen LogP contribution in [0.15, 0.2) is 53.7 Å². The van der Waals surface area contributed by atoms with E-state index >= 15 is 0 Å². The third-order valence-corrected chi connectivity index (χ3v) is 7.24. The molecule has 1 aliphatic rings. The second-order valence-corrected chi connectivity index (χ2v) is 9.71. The maximum atomic E-state index is 13.0. The summed E-state index contributed by atoms with van der Waals surface area (Å²) in [6.07, 6.45) is 2.67. The van der Waals surface area contributed by atoms with E-state index in [1.54, 1.807) is 12.1 Å². The quantitative estimate of drug-likeness (QED) is 0.348. The van der Waals surface area contributed by atoms with Crippen LogP contribution in [0.1, 0.15) is 18.4 Å². The first-order valence-electron chi connectivity index (χ1n) is 10.9. The van der Waals surface area contributed by atoms with Gasteiger partial charge in [-0.25, -0.2) is 18.0 Å². The standard InChI is InChI=1S/C22H27N5O7S/c23-9-11-25-22(31)34-16-7-5-15(6-8-16)13-18(21(29)30)26-20(28)19-4-2-12-27(19)35(32,33)17-3-1-10-24-14-17/h1,3,5-8,10,14,18-19H,2,4,9,11-13,23H2,(H,25,31)(H,26,28)(H,29,30)/t18-,19-/m0/s1. The largest absolute Gasteiger partial charge is 0.480 e. The molecule has 1 aromatic heterocycles. The minimum absolute atomic E-state index is 0.0338. The van der Waals surface area contributed by atoms with E-state index in [2.05, 4.69) is 15.6 Å². The average Bonchev–Trinajstić information content (AvgIpc) is 3.35. The normalized spacial score (nSPS) is 16.9. The number of aromatic nitrogens is 1. The molecule has 0 spiro atoms. The van der Waals surface area contributed by atoms with Gasteiger partial charge in [-0.1, -0.05) is 12.1 Å².